The summed E-state index contributed by atoms with van der Waals surface area (Å²) in [5, 5.41) is 3.27. The van der Waals surface area contributed by atoms with Crippen molar-refractivity contribution in [2.45, 2.75) is 110 Å². The average molecular weight is 631 g/mol. The van der Waals surface area contributed by atoms with Crippen molar-refractivity contribution in [2.24, 2.45) is 17.3 Å². The summed E-state index contributed by atoms with van der Waals surface area (Å²) in [4.78, 5) is 29.3. The number of esters is 1. The number of carbonyl (C=O) groups is 2. The standard InChI is InChI=1S/C37H51BN2O6/c1-35(2,3)44-34(42)28-12-10-11-26(33(28)43-7)20-31(38-45-30-22-27-21-29(36(27,4)5)37(30,6)46-38)39-32(41)19-24-13-15-25(16-14-24)23-40-17-8-9-18-40/h10-16,27,29-31H,8-9,17-23H2,1-7H3,(H,39,41). The second kappa shape index (κ2) is 12.6. The first-order valence-electron chi connectivity index (χ1n) is 17.1. The van der Waals surface area contributed by atoms with Crippen molar-refractivity contribution in [1.29, 1.82) is 0 Å². The van der Waals surface area contributed by atoms with Crippen LogP contribution in [0.5, 0.6) is 5.75 Å². The molecule has 9 heteroatoms. The maximum atomic E-state index is 13.7. The Labute approximate surface area is 275 Å². The lowest BCUT2D eigenvalue weighted by atomic mass is 9.43. The van der Waals surface area contributed by atoms with Crippen molar-refractivity contribution in [3.05, 3.63) is 64.7 Å². The van der Waals surface area contributed by atoms with Gasteiger partial charge in [-0.05, 0) is 113 Å². The number of rotatable bonds is 10. The van der Waals surface area contributed by atoms with Gasteiger partial charge in [0.15, 0.2) is 0 Å². The predicted octanol–water partition coefficient (Wildman–Crippen LogP) is 5.78. The van der Waals surface area contributed by atoms with Crippen molar-refractivity contribution < 1.29 is 28.4 Å². The van der Waals surface area contributed by atoms with Gasteiger partial charge in [-0.3, -0.25) is 9.69 Å². The van der Waals surface area contributed by atoms with Gasteiger partial charge in [-0.25, -0.2) is 4.79 Å². The summed E-state index contributed by atoms with van der Waals surface area (Å²) >= 11 is 0. The van der Waals surface area contributed by atoms with Crippen LogP contribution in [0, 0.1) is 17.3 Å². The van der Waals surface area contributed by atoms with Crippen molar-refractivity contribution in [3.63, 3.8) is 0 Å². The topological polar surface area (TPSA) is 86.3 Å². The van der Waals surface area contributed by atoms with E-state index in [0.717, 1.165) is 43.6 Å². The maximum Gasteiger partial charge on any atom is 0.482 e. The molecule has 0 aromatic heterocycles. The second-order valence-corrected chi connectivity index (χ2v) is 15.7. The molecule has 2 aliphatic heterocycles. The Kier molecular flexibility index (Phi) is 9.07. The molecule has 2 aromatic rings. The number of amides is 1. The van der Waals surface area contributed by atoms with E-state index in [2.05, 4.69) is 55.3 Å². The van der Waals surface area contributed by atoms with Gasteiger partial charge < -0.3 is 24.1 Å². The van der Waals surface area contributed by atoms with Crippen LogP contribution in [0.1, 0.15) is 94.3 Å². The molecule has 1 amide bonds. The van der Waals surface area contributed by atoms with Gasteiger partial charge in [0, 0.05) is 6.54 Å². The van der Waals surface area contributed by atoms with Crippen LogP contribution in [0.15, 0.2) is 42.5 Å². The van der Waals surface area contributed by atoms with Crippen LogP contribution in [0.2, 0.25) is 0 Å². The number of hydrogen-bond donors (Lipinski definition) is 1. The number of nitrogens with one attached hydrogen (secondary N) is 1. The van der Waals surface area contributed by atoms with Crippen LogP contribution >= 0.6 is 0 Å². The molecule has 3 aliphatic carbocycles. The molecular formula is C37H51BN2O6. The third-order valence-electron chi connectivity index (χ3n) is 11.0. The molecule has 2 aromatic carbocycles. The lowest BCUT2D eigenvalue weighted by Crippen LogP contribution is -2.65. The summed E-state index contributed by atoms with van der Waals surface area (Å²) in [7, 11) is 0.924. The molecule has 0 spiro atoms. The molecular weight excluding hydrogens is 579 g/mol. The van der Waals surface area contributed by atoms with E-state index in [0.29, 0.717) is 29.6 Å². The van der Waals surface area contributed by atoms with E-state index >= 15 is 0 Å². The lowest BCUT2D eigenvalue weighted by molar-refractivity contribution is -0.199. The molecule has 2 heterocycles. The fourth-order valence-corrected chi connectivity index (χ4v) is 8.41. The number of methoxy groups -OCH3 is 1. The highest BCUT2D eigenvalue weighted by atomic mass is 16.7. The third-order valence-corrected chi connectivity index (χ3v) is 11.0. The fraction of sp³-hybridized carbons (Fsp3) is 0.622. The Morgan fingerprint density at radius 3 is 2.39 bits per heavy atom. The number of para-hydroxylation sites is 1. The van der Waals surface area contributed by atoms with E-state index in [1.165, 1.54) is 18.4 Å². The lowest BCUT2D eigenvalue weighted by Gasteiger charge is -2.64. The fourth-order valence-electron chi connectivity index (χ4n) is 8.41. The quantitative estimate of drug-likeness (QED) is 0.263. The Morgan fingerprint density at radius 1 is 1.04 bits per heavy atom. The molecule has 0 radical (unpaired) electrons. The summed E-state index contributed by atoms with van der Waals surface area (Å²) in [6.45, 7) is 15.7. The third kappa shape index (κ3) is 6.60. The molecule has 5 unspecified atom stereocenters. The number of ether oxygens (including phenoxy) is 2. The molecule has 8 nitrogen and oxygen atoms in total. The minimum Gasteiger partial charge on any atom is -0.496 e. The number of nitrogens with zero attached hydrogens (tertiary/aromatic N) is 1. The first-order chi connectivity index (χ1) is 21.8. The van der Waals surface area contributed by atoms with Gasteiger partial charge >= 0.3 is 13.1 Å². The molecule has 46 heavy (non-hydrogen) atoms. The van der Waals surface area contributed by atoms with Crippen LogP contribution in [0.3, 0.4) is 0 Å². The van der Waals surface area contributed by atoms with Gasteiger partial charge in [-0.15, -0.1) is 0 Å². The molecule has 2 saturated heterocycles. The average Bonchev–Trinajstić information content (AvgIpc) is 3.63. The van der Waals surface area contributed by atoms with Crippen molar-refractivity contribution >= 4 is 19.0 Å². The van der Waals surface area contributed by atoms with Crippen LogP contribution in [0.4, 0.5) is 0 Å². The van der Waals surface area contributed by atoms with E-state index in [1.807, 2.05) is 32.9 Å². The summed E-state index contributed by atoms with van der Waals surface area (Å²) in [5.41, 5.74) is 2.50. The highest BCUT2D eigenvalue weighted by Crippen LogP contribution is 2.65. The van der Waals surface area contributed by atoms with Crippen molar-refractivity contribution in [3.8, 4) is 5.75 Å². The van der Waals surface area contributed by atoms with Gasteiger partial charge in [0.05, 0.1) is 31.2 Å². The van der Waals surface area contributed by atoms with Gasteiger partial charge in [-0.1, -0.05) is 50.2 Å². The Hall–Kier alpha value is -2.88. The Morgan fingerprint density at radius 2 is 1.74 bits per heavy atom. The normalized spacial score (nSPS) is 27.5. The van der Waals surface area contributed by atoms with E-state index in [1.54, 1.807) is 13.2 Å². The Bertz CT molecular complexity index is 1430. The SMILES string of the molecule is COc1c(CC(NC(=O)Cc2ccc(CN3CCCC3)cc2)B2OC3CC4CC(C4(C)C)C3(C)O2)cccc1C(=O)OC(C)(C)C. The number of benzene rings is 2. The first kappa shape index (κ1) is 33.0. The first-order valence-corrected chi connectivity index (χ1v) is 17.1. The molecule has 5 aliphatic rings. The number of hydrogen-bond acceptors (Lipinski definition) is 7. The van der Waals surface area contributed by atoms with Gasteiger partial charge in [0.2, 0.25) is 5.91 Å². The van der Waals surface area contributed by atoms with Crippen LogP contribution < -0.4 is 10.1 Å². The Balaban J connectivity index is 1.22. The van der Waals surface area contributed by atoms with Crippen LogP contribution in [-0.2, 0) is 38.2 Å². The molecule has 5 fully saturated rings. The number of likely N-dealkylation sites (tertiary alicyclic amines) is 1. The van der Waals surface area contributed by atoms with E-state index in [9.17, 15) is 9.59 Å². The summed E-state index contributed by atoms with van der Waals surface area (Å²) in [5.74, 6) is 0.409. The smallest absolute Gasteiger partial charge is 0.482 e. The maximum absolute atomic E-state index is 13.7. The molecule has 5 atom stereocenters. The van der Waals surface area contributed by atoms with E-state index in [-0.39, 0.29) is 23.8 Å². The van der Waals surface area contributed by atoms with Gasteiger partial charge in [0.1, 0.15) is 16.9 Å². The van der Waals surface area contributed by atoms with E-state index in [4.69, 9.17) is 18.8 Å². The van der Waals surface area contributed by atoms with Crippen LogP contribution in [0.25, 0.3) is 0 Å². The molecule has 1 N–H and O–H groups in total. The van der Waals surface area contributed by atoms with Gasteiger partial charge in [0.25, 0.3) is 0 Å². The monoisotopic (exact) mass is 630 g/mol. The zero-order valence-corrected chi connectivity index (χ0v) is 28.7. The van der Waals surface area contributed by atoms with Crippen molar-refractivity contribution in [1.82, 2.24) is 10.2 Å². The minimum atomic E-state index is -0.646. The largest absolute Gasteiger partial charge is 0.496 e. The highest BCUT2D eigenvalue weighted by molar-refractivity contribution is 6.48. The second-order valence-electron chi connectivity index (χ2n) is 15.7. The van der Waals surface area contributed by atoms with Crippen molar-refractivity contribution in [2.75, 3.05) is 20.2 Å². The minimum absolute atomic E-state index is 0.0215. The molecule has 3 saturated carbocycles. The molecule has 2 bridgehead atoms. The molecule has 7 rings (SSSR count). The van der Waals surface area contributed by atoms with Gasteiger partial charge in [-0.2, -0.15) is 0 Å². The van der Waals surface area contributed by atoms with Crippen LogP contribution in [-0.4, -0.2) is 67.3 Å². The summed E-state index contributed by atoms with van der Waals surface area (Å²) < 4.78 is 25.0. The molecule has 248 valence electrons. The van der Waals surface area contributed by atoms with E-state index < -0.39 is 30.2 Å². The zero-order chi connectivity index (χ0) is 32.9. The predicted molar refractivity (Wildman–Crippen MR) is 179 cm³/mol. The zero-order valence-electron chi connectivity index (χ0n) is 28.7. The highest BCUT2D eigenvalue weighted by Gasteiger charge is 2.68. The number of carbonyl (C=O) groups excluding carboxylic acids is 2. The summed E-state index contributed by atoms with van der Waals surface area (Å²) in [6.07, 6.45) is 5.23. The summed E-state index contributed by atoms with van der Waals surface area (Å²) in [6, 6.07) is 13.8.